The van der Waals surface area contributed by atoms with Crippen LogP contribution in [0.15, 0.2) is 48.8 Å². The molecular formula is C17H8F6N2. The van der Waals surface area contributed by atoms with Crippen LogP contribution in [0.4, 0.5) is 26.3 Å². The van der Waals surface area contributed by atoms with E-state index in [1.807, 2.05) is 0 Å². The average molecular weight is 354 g/mol. The first-order valence-corrected chi connectivity index (χ1v) is 7.14. The fourth-order valence-electron chi connectivity index (χ4n) is 3.09. The summed E-state index contributed by atoms with van der Waals surface area (Å²) < 4.78 is 81.5. The number of para-hydroxylation sites is 1. The second kappa shape index (κ2) is 4.87. The Hall–Kier alpha value is -2.77. The molecule has 2 aromatic carbocycles. The van der Waals surface area contributed by atoms with Crippen molar-refractivity contribution < 1.29 is 26.3 Å². The molecule has 0 saturated heterocycles. The first-order valence-electron chi connectivity index (χ1n) is 7.14. The van der Waals surface area contributed by atoms with Crippen LogP contribution in [0.2, 0.25) is 0 Å². The number of benzene rings is 2. The predicted molar refractivity (Wildman–Crippen MR) is 80.2 cm³/mol. The normalized spacial score (nSPS) is 13.2. The average Bonchev–Trinajstić information content (AvgIpc) is 3.02. The number of nitrogens with zero attached hydrogens (tertiary/aromatic N) is 2. The van der Waals surface area contributed by atoms with Crippen LogP contribution in [0.1, 0.15) is 11.1 Å². The van der Waals surface area contributed by atoms with Gasteiger partial charge in [0.1, 0.15) is 5.65 Å². The molecule has 0 aliphatic rings. The van der Waals surface area contributed by atoms with Crippen LogP contribution in [0.25, 0.3) is 27.3 Å². The number of fused-ring (bicyclic) bond motifs is 6. The maximum absolute atomic E-state index is 13.5. The molecule has 0 radical (unpaired) electrons. The minimum Gasteiger partial charge on any atom is -0.299 e. The minimum atomic E-state index is -4.94. The largest absolute Gasteiger partial charge is 0.417 e. The highest BCUT2D eigenvalue weighted by Crippen LogP contribution is 2.43. The van der Waals surface area contributed by atoms with Crippen LogP contribution in [-0.4, -0.2) is 9.38 Å². The molecule has 2 nitrogen and oxygen atoms in total. The van der Waals surface area contributed by atoms with Crippen molar-refractivity contribution in [1.29, 1.82) is 0 Å². The summed E-state index contributed by atoms with van der Waals surface area (Å²) >= 11 is 0. The summed E-state index contributed by atoms with van der Waals surface area (Å²) in [5, 5.41) is -0.260. The van der Waals surface area contributed by atoms with E-state index in [0.29, 0.717) is 5.52 Å². The molecule has 0 fully saturated rings. The Kier molecular flexibility index (Phi) is 3.07. The van der Waals surface area contributed by atoms with Crippen molar-refractivity contribution in [3.05, 3.63) is 59.9 Å². The zero-order valence-electron chi connectivity index (χ0n) is 12.3. The second-order valence-corrected chi connectivity index (χ2v) is 5.58. The fourth-order valence-corrected chi connectivity index (χ4v) is 3.09. The zero-order chi connectivity index (χ0) is 18.0. The third kappa shape index (κ3) is 2.32. The number of pyridine rings is 1. The third-order valence-electron chi connectivity index (χ3n) is 4.09. The van der Waals surface area contributed by atoms with Gasteiger partial charge in [0.2, 0.25) is 0 Å². The van der Waals surface area contributed by atoms with Crippen LogP contribution < -0.4 is 0 Å². The Morgan fingerprint density at radius 2 is 1.56 bits per heavy atom. The summed E-state index contributed by atoms with van der Waals surface area (Å²) in [4.78, 5) is 3.97. The SMILES string of the molecule is FC(F)(F)c1cc(C(F)(F)F)c2c3ccccc3n3ccnc3c2c1. The van der Waals surface area contributed by atoms with E-state index in [9.17, 15) is 26.3 Å². The molecule has 0 aliphatic carbocycles. The van der Waals surface area contributed by atoms with E-state index in [1.165, 1.54) is 22.9 Å². The Bertz CT molecular complexity index is 1120. The number of aromatic nitrogens is 2. The third-order valence-corrected chi connectivity index (χ3v) is 4.09. The van der Waals surface area contributed by atoms with E-state index in [0.717, 1.165) is 6.07 Å². The highest BCUT2D eigenvalue weighted by Gasteiger charge is 2.39. The molecule has 0 N–H and O–H groups in total. The van der Waals surface area contributed by atoms with E-state index in [2.05, 4.69) is 4.98 Å². The molecule has 4 aromatic rings. The standard InChI is InChI=1S/C17H8F6N2/c18-16(19,20)9-7-11-14(12(8-9)17(21,22)23)10-3-1-2-4-13(10)25-6-5-24-15(11)25/h1-8H. The summed E-state index contributed by atoms with van der Waals surface area (Å²) in [6.07, 6.45) is -6.99. The zero-order valence-corrected chi connectivity index (χ0v) is 12.3. The summed E-state index contributed by atoms with van der Waals surface area (Å²) in [7, 11) is 0. The number of rotatable bonds is 0. The highest BCUT2D eigenvalue weighted by molar-refractivity contribution is 6.13. The molecule has 0 bridgehead atoms. The summed E-state index contributed by atoms with van der Waals surface area (Å²) in [6.45, 7) is 0. The monoisotopic (exact) mass is 354 g/mol. The van der Waals surface area contributed by atoms with Crippen molar-refractivity contribution in [3.8, 4) is 0 Å². The first-order chi connectivity index (χ1) is 11.7. The second-order valence-electron chi connectivity index (χ2n) is 5.58. The highest BCUT2D eigenvalue weighted by atomic mass is 19.4. The van der Waals surface area contributed by atoms with E-state index in [-0.39, 0.29) is 27.9 Å². The van der Waals surface area contributed by atoms with Crippen LogP contribution in [0.5, 0.6) is 0 Å². The van der Waals surface area contributed by atoms with Gasteiger partial charge in [0.25, 0.3) is 0 Å². The molecule has 0 atom stereocenters. The van der Waals surface area contributed by atoms with E-state index in [4.69, 9.17) is 0 Å². The van der Waals surface area contributed by atoms with Gasteiger partial charge in [0, 0.05) is 28.6 Å². The molecule has 8 heteroatoms. The van der Waals surface area contributed by atoms with Gasteiger partial charge in [-0.2, -0.15) is 26.3 Å². The fraction of sp³-hybridized carbons (Fsp3) is 0.118. The van der Waals surface area contributed by atoms with Crippen LogP contribution >= 0.6 is 0 Å². The quantitative estimate of drug-likeness (QED) is 0.293. The molecule has 25 heavy (non-hydrogen) atoms. The minimum absolute atomic E-state index is 0.0466. The van der Waals surface area contributed by atoms with Crippen LogP contribution in [0.3, 0.4) is 0 Å². The van der Waals surface area contributed by atoms with Crippen LogP contribution in [0, 0.1) is 0 Å². The summed E-state index contributed by atoms with van der Waals surface area (Å²) in [6, 6.07) is 7.13. The summed E-state index contributed by atoms with van der Waals surface area (Å²) in [5.41, 5.74) is -2.19. The Morgan fingerprint density at radius 1 is 0.840 bits per heavy atom. The van der Waals surface area contributed by atoms with E-state index >= 15 is 0 Å². The van der Waals surface area contributed by atoms with Gasteiger partial charge in [-0.15, -0.1) is 0 Å². The maximum atomic E-state index is 13.5. The molecule has 0 spiro atoms. The van der Waals surface area contributed by atoms with Crippen molar-refractivity contribution >= 4 is 27.3 Å². The molecule has 0 saturated carbocycles. The van der Waals surface area contributed by atoms with Gasteiger partial charge in [0.15, 0.2) is 0 Å². The number of halogens is 6. The van der Waals surface area contributed by atoms with Crippen molar-refractivity contribution in [2.45, 2.75) is 12.4 Å². The molecule has 0 amide bonds. The van der Waals surface area contributed by atoms with Gasteiger partial charge < -0.3 is 0 Å². The lowest BCUT2D eigenvalue weighted by Crippen LogP contribution is -2.12. The maximum Gasteiger partial charge on any atom is 0.417 e. The molecular weight excluding hydrogens is 346 g/mol. The lowest BCUT2D eigenvalue weighted by Gasteiger charge is -2.17. The van der Waals surface area contributed by atoms with Crippen molar-refractivity contribution in [3.63, 3.8) is 0 Å². The summed E-state index contributed by atoms with van der Waals surface area (Å²) in [5.74, 6) is 0. The lowest BCUT2D eigenvalue weighted by atomic mass is 9.97. The Morgan fingerprint density at radius 3 is 2.24 bits per heavy atom. The topological polar surface area (TPSA) is 17.3 Å². The number of hydrogen-bond acceptors (Lipinski definition) is 1. The molecule has 2 heterocycles. The van der Waals surface area contributed by atoms with Gasteiger partial charge in [-0.1, -0.05) is 18.2 Å². The van der Waals surface area contributed by atoms with Gasteiger partial charge >= 0.3 is 12.4 Å². The van der Waals surface area contributed by atoms with Crippen LogP contribution in [-0.2, 0) is 12.4 Å². The van der Waals surface area contributed by atoms with Crippen molar-refractivity contribution in [1.82, 2.24) is 9.38 Å². The molecule has 0 unspecified atom stereocenters. The predicted octanol–water partition coefficient (Wildman–Crippen LogP) is 5.68. The van der Waals surface area contributed by atoms with E-state index < -0.39 is 23.5 Å². The number of hydrogen-bond donors (Lipinski definition) is 0. The van der Waals surface area contributed by atoms with Gasteiger partial charge in [0.05, 0.1) is 16.6 Å². The smallest absolute Gasteiger partial charge is 0.299 e. The first kappa shape index (κ1) is 15.7. The molecule has 128 valence electrons. The van der Waals surface area contributed by atoms with Crippen molar-refractivity contribution in [2.75, 3.05) is 0 Å². The molecule has 2 aromatic heterocycles. The van der Waals surface area contributed by atoms with Gasteiger partial charge in [-0.25, -0.2) is 4.98 Å². The lowest BCUT2D eigenvalue weighted by molar-refractivity contribution is -0.142. The van der Waals surface area contributed by atoms with Gasteiger partial charge in [-0.3, -0.25) is 4.40 Å². The van der Waals surface area contributed by atoms with Crippen molar-refractivity contribution in [2.24, 2.45) is 0 Å². The number of imidazole rings is 1. The molecule has 4 rings (SSSR count). The number of alkyl halides is 6. The van der Waals surface area contributed by atoms with Gasteiger partial charge in [-0.05, 0) is 18.2 Å². The Labute approximate surface area is 136 Å². The Balaban J connectivity index is 2.34. The molecule has 0 aliphatic heterocycles. The van der Waals surface area contributed by atoms with E-state index in [1.54, 1.807) is 18.2 Å².